The molecular formula is C27H30N4O4. The molecule has 0 aliphatic carbocycles. The summed E-state index contributed by atoms with van der Waals surface area (Å²) in [6.45, 7) is 6.31. The highest BCUT2D eigenvalue weighted by molar-refractivity contribution is 6.29. The lowest BCUT2D eigenvalue weighted by atomic mass is 9.97. The van der Waals surface area contributed by atoms with Crippen LogP contribution in [0.25, 0.3) is 5.70 Å². The molecule has 3 rings (SSSR count). The Kier molecular flexibility index (Phi) is 7.96. The first-order valence-electron chi connectivity index (χ1n) is 11.5. The Balaban J connectivity index is 2.23. The van der Waals surface area contributed by atoms with E-state index in [-0.39, 0.29) is 18.2 Å². The molecule has 2 aromatic rings. The molecule has 0 saturated heterocycles. The van der Waals surface area contributed by atoms with Crippen LogP contribution in [0.15, 0.2) is 66.9 Å². The Hall–Kier alpha value is -4.07. The van der Waals surface area contributed by atoms with Crippen LogP contribution in [0.1, 0.15) is 38.8 Å². The van der Waals surface area contributed by atoms with Crippen molar-refractivity contribution in [1.82, 2.24) is 14.9 Å². The van der Waals surface area contributed by atoms with Gasteiger partial charge in [-0.05, 0) is 11.5 Å². The molecule has 0 spiro atoms. The van der Waals surface area contributed by atoms with Crippen molar-refractivity contribution in [3.8, 4) is 0 Å². The molecule has 2 atom stereocenters. The predicted octanol–water partition coefficient (Wildman–Crippen LogP) is 3.29. The SMILES string of the molecule is CC(=O)N1C=C(c2ccccc2)N(N(C(C)=O)[C@@H](Cc2ccccc2)C(=O)C=N)C(=O)C1C(C)C. The van der Waals surface area contributed by atoms with Crippen molar-refractivity contribution in [2.24, 2.45) is 5.92 Å². The Morgan fingerprint density at radius 1 is 1.00 bits per heavy atom. The lowest BCUT2D eigenvalue weighted by Gasteiger charge is -2.46. The van der Waals surface area contributed by atoms with Gasteiger partial charge in [0.15, 0.2) is 5.78 Å². The molecule has 35 heavy (non-hydrogen) atoms. The smallest absolute Gasteiger partial charge is 0.269 e. The van der Waals surface area contributed by atoms with E-state index in [9.17, 15) is 19.2 Å². The number of hydrazine groups is 1. The van der Waals surface area contributed by atoms with Gasteiger partial charge in [-0.2, -0.15) is 0 Å². The molecule has 0 aromatic heterocycles. The van der Waals surface area contributed by atoms with E-state index in [0.717, 1.165) is 10.6 Å². The third-order valence-corrected chi connectivity index (χ3v) is 5.89. The van der Waals surface area contributed by atoms with Crippen LogP contribution in [-0.2, 0) is 25.6 Å². The van der Waals surface area contributed by atoms with Crippen LogP contribution in [-0.4, -0.2) is 56.7 Å². The fourth-order valence-corrected chi connectivity index (χ4v) is 4.29. The highest BCUT2D eigenvalue weighted by Gasteiger charge is 2.45. The number of nitrogens with zero attached hydrogens (tertiary/aromatic N) is 3. The van der Waals surface area contributed by atoms with E-state index < -0.39 is 29.7 Å². The summed E-state index contributed by atoms with van der Waals surface area (Å²) in [6, 6.07) is 16.1. The van der Waals surface area contributed by atoms with Crippen molar-refractivity contribution in [2.45, 2.75) is 46.2 Å². The van der Waals surface area contributed by atoms with Gasteiger partial charge in [0.05, 0.1) is 11.9 Å². The average Bonchev–Trinajstić information content (AvgIpc) is 2.84. The van der Waals surface area contributed by atoms with Gasteiger partial charge >= 0.3 is 0 Å². The van der Waals surface area contributed by atoms with E-state index in [4.69, 9.17) is 5.41 Å². The van der Waals surface area contributed by atoms with Gasteiger partial charge in [0.25, 0.3) is 5.91 Å². The van der Waals surface area contributed by atoms with Crippen LogP contribution in [0.4, 0.5) is 0 Å². The van der Waals surface area contributed by atoms with Gasteiger partial charge < -0.3 is 10.3 Å². The summed E-state index contributed by atoms with van der Waals surface area (Å²) in [5.74, 6) is -2.21. The van der Waals surface area contributed by atoms with Crippen LogP contribution in [0.2, 0.25) is 0 Å². The number of rotatable bonds is 8. The first kappa shape index (κ1) is 25.6. The summed E-state index contributed by atoms with van der Waals surface area (Å²) in [5.41, 5.74) is 1.68. The minimum Gasteiger partial charge on any atom is -0.305 e. The highest BCUT2D eigenvalue weighted by atomic mass is 16.2. The topological polar surface area (TPSA) is 102 Å². The van der Waals surface area contributed by atoms with Crippen molar-refractivity contribution in [3.63, 3.8) is 0 Å². The van der Waals surface area contributed by atoms with Crippen LogP contribution in [0, 0.1) is 11.3 Å². The van der Waals surface area contributed by atoms with E-state index in [1.54, 1.807) is 30.5 Å². The van der Waals surface area contributed by atoms with Crippen LogP contribution >= 0.6 is 0 Å². The van der Waals surface area contributed by atoms with E-state index in [0.29, 0.717) is 17.5 Å². The molecule has 2 aromatic carbocycles. The fourth-order valence-electron chi connectivity index (χ4n) is 4.29. The van der Waals surface area contributed by atoms with Crippen molar-refractivity contribution >= 4 is 35.4 Å². The van der Waals surface area contributed by atoms with Gasteiger partial charge in [0.1, 0.15) is 12.1 Å². The second-order valence-corrected chi connectivity index (χ2v) is 8.76. The average molecular weight is 475 g/mol. The molecular weight excluding hydrogens is 444 g/mol. The van der Waals surface area contributed by atoms with E-state index in [1.807, 2.05) is 50.2 Å². The number of amides is 3. The summed E-state index contributed by atoms with van der Waals surface area (Å²) in [4.78, 5) is 54.0. The van der Waals surface area contributed by atoms with Crippen molar-refractivity contribution in [1.29, 1.82) is 5.41 Å². The normalized spacial score (nSPS) is 16.5. The number of benzene rings is 2. The Morgan fingerprint density at radius 3 is 2.06 bits per heavy atom. The van der Waals surface area contributed by atoms with Gasteiger partial charge in [-0.1, -0.05) is 74.5 Å². The number of carbonyl (C=O) groups is 4. The molecule has 0 radical (unpaired) electrons. The monoisotopic (exact) mass is 474 g/mol. The maximum absolute atomic E-state index is 14.0. The third kappa shape index (κ3) is 5.37. The van der Waals surface area contributed by atoms with Gasteiger partial charge in [0.2, 0.25) is 11.8 Å². The van der Waals surface area contributed by atoms with Gasteiger partial charge in [-0.15, -0.1) is 0 Å². The summed E-state index contributed by atoms with van der Waals surface area (Å²) < 4.78 is 0. The number of hydrogen-bond donors (Lipinski definition) is 1. The van der Waals surface area contributed by atoms with E-state index in [1.165, 1.54) is 23.8 Å². The summed E-state index contributed by atoms with van der Waals surface area (Å²) in [5, 5.41) is 9.98. The minimum absolute atomic E-state index is 0.114. The van der Waals surface area contributed by atoms with Gasteiger partial charge in [0, 0.05) is 32.0 Å². The maximum atomic E-state index is 14.0. The van der Waals surface area contributed by atoms with Gasteiger partial charge in [-0.3, -0.25) is 19.2 Å². The van der Waals surface area contributed by atoms with Crippen molar-refractivity contribution in [3.05, 3.63) is 78.0 Å². The molecule has 0 fully saturated rings. The molecule has 0 bridgehead atoms. The van der Waals surface area contributed by atoms with E-state index >= 15 is 0 Å². The predicted molar refractivity (Wildman–Crippen MR) is 133 cm³/mol. The first-order chi connectivity index (χ1) is 16.7. The first-order valence-corrected chi connectivity index (χ1v) is 11.5. The molecule has 1 N–H and O–H groups in total. The van der Waals surface area contributed by atoms with E-state index in [2.05, 4.69) is 0 Å². The quantitative estimate of drug-likeness (QED) is 0.593. The molecule has 0 saturated carbocycles. The number of hydrogen-bond acceptors (Lipinski definition) is 5. The number of ketones is 1. The molecule has 1 unspecified atom stereocenters. The molecule has 3 amide bonds. The molecule has 1 aliphatic rings. The van der Waals surface area contributed by atoms with Gasteiger partial charge in [-0.25, -0.2) is 10.0 Å². The lowest BCUT2D eigenvalue weighted by Crippen LogP contribution is -2.63. The Bertz CT molecular complexity index is 1140. The number of nitrogens with one attached hydrogen (secondary N) is 1. The second kappa shape index (κ2) is 10.9. The lowest BCUT2D eigenvalue weighted by molar-refractivity contribution is -0.167. The summed E-state index contributed by atoms with van der Waals surface area (Å²) >= 11 is 0. The molecule has 1 aliphatic heterocycles. The van der Waals surface area contributed by atoms with Crippen molar-refractivity contribution in [2.75, 3.05) is 0 Å². The third-order valence-electron chi connectivity index (χ3n) is 5.89. The molecule has 8 nitrogen and oxygen atoms in total. The molecule has 1 heterocycles. The number of Topliss-reactive ketones (excluding diaryl/α,β-unsaturated/α-hetero) is 1. The largest absolute Gasteiger partial charge is 0.305 e. The maximum Gasteiger partial charge on any atom is 0.269 e. The van der Waals surface area contributed by atoms with Crippen LogP contribution < -0.4 is 0 Å². The second-order valence-electron chi connectivity index (χ2n) is 8.76. The Labute approximate surface area is 205 Å². The van der Waals surface area contributed by atoms with Crippen LogP contribution in [0.5, 0.6) is 0 Å². The Morgan fingerprint density at radius 2 is 1.57 bits per heavy atom. The number of carbonyl (C=O) groups excluding carboxylic acids is 4. The molecule has 8 heteroatoms. The zero-order valence-corrected chi connectivity index (χ0v) is 20.3. The fraction of sp³-hybridized carbons (Fsp3) is 0.296. The summed E-state index contributed by atoms with van der Waals surface area (Å²) in [7, 11) is 0. The summed E-state index contributed by atoms with van der Waals surface area (Å²) in [6.07, 6.45) is 2.35. The highest BCUT2D eigenvalue weighted by Crippen LogP contribution is 2.33. The standard InChI is InChI=1S/C27H30N4O4/c1-18(2)26-27(35)31(24(17-29(26)19(3)32)22-13-9-6-10-14-22)30(20(4)33)23(25(34)16-28)15-21-11-7-5-8-12-21/h5-14,16-18,23,26,28H,15H2,1-4H3/t23-,26?/m0/s1. The zero-order valence-electron chi connectivity index (χ0n) is 20.3. The molecule has 182 valence electrons. The van der Waals surface area contributed by atoms with Crippen molar-refractivity contribution < 1.29 is 19.2 Å². The zero-order chi connectivity index (χ0) is 25.7. The van der Waals surface area contributed by atoms with Crippen LogP contribution in [0.3, 0.4) is 0 Å². The minimum atomic E-state index is -1.12.